The van der Waals surface area contributed by atoms with Crippen LogP contribution in [0.15, 0.2) is 0 Å². The van der Waals surface area contributed by atoms with Crippen LogP contribution in [-0.2, 0) is 9.13 Å². The summed E-state index contributed by atoms with van der Waals surface area (Å²) in [5.41, 5.74) is 5.01. The molecule has 0 aliphatic heterocycles. The molecule has 0 aromatic rings. The van der Waals surface area contributed by atoms with Crippen molar-refractivity contribution in [2.45, 2.75) is 17.9 Å². The van der Waals surface area contributed by atoms with E-state index in [-0.39, 0.29) is 40.3 Å². The van der Waals surface area contributed by atoms with Crippen molar-refractivity contribution in [3.05, 3.63) is 0 Å². The Kier molecular flexibility index (Phi) is 7.62. The van der Waals surface area contributed by atoms with Gasteiger partial charge in [0.05, 0.1) is 0 Å². The Hall–Kier alpha value is 1.14. The first-order valence-electron chi connectivity index (χ1n) is 3.60. The van der Waals surface area contributed by atoms with Crippen LogP contribution in [0.3, 0.4) is 0 Å². The normalized spacial score (nSPS) is 13.5. The van der Waals surface area contributed by atoms with E-state index in [1.807, 2.05) is 0 Å². The first kappa shape index (κ1) is 18.5. The SMILES string of the molecule is NCCCC(O)(P(=O)(O)O)P(=O)(O)O.[PbH2]. The molecule has 0 aliphatic carbocycles. The second-order valence-electron chi connectivity index (χ2n) is 2.75. The average molecular weight is 458 g/mol. The van der Waals surface area contributed by atoms with Crippen LogP contribution in [0.4, 0.5) is 0 Å². The molecule has 2 radical (unpaired) electrons. The Balaban J connectivity index is 0. The molecule has 8 nitrogen and oxygen atoms in total. The molecular weight excluding hydrogens is 443 g/mol. The number of aliphatic hydroxyl groups is 1. The summed E-state index contributed by atoms with van der Waals surface area (Å²) in [6.45, 7) is -0.0394. The van der Waals surface area contributed by atoms with Crippen molar-refractivity contribution < 1.29 is 33.8 Å². The zero-order chi connectivity index (χ0) is 11.6. The summed E-state index contributed by atoms with van der Waals surface area (Å²) in [7, 11) is -10.6. The van der Waals surface area contributed by atoms with Crippen molar-refractivity contribution in [2.24, 2.45) is 5.73 Å². The first-order chi connectivity index (χ1) is 6.06. The van der Waals surface area contributed by atoms with E-state index in [1.165, 1.54) is 0 Å². The Morgan fingerprint density at radius 1 is 1.07 bits per heavy atom. The van der Waals surface area contributed by atoms with Gasteiger partial charge in [-0.2, -0.15) is 0 Å². The molecule has 0 saturated carbocycles. The molecule has 0 aromatic carbocycles. The van der Waals surface area contributed by atoms with Crippen molar-refractivity contribution in [2.75, 3.05) is 6.54 Å². The summed E-state index contributed by atoms with van der Waals surface area (Å²) in [6, 6.07) is 0. The molecule has 92 valence electrons. The topological polar surface area (TPSA) is 161 Å². The Bertz CT molecular complexity index is 263. The number of hydrogen-bond donors (Lipinski definition) is 6. The Morgan fingerprint density at radius 3 is 1.60 bits per heavy atom. The van der Waals surface area contributed by atoms with Gasteiger partial charge in [0.25, 0.3) is 5.08 Å². The number of hydrogen-bond acceptors (Lipinski definition) is 4. The van der Waals surface area contributed by atoms with E-state index >= 15 is 0 Å². The minimum absolute atomic E-state index is 0. The molecule has 7 N–H and O–H groups in total. The Morgan fingerprint density at radius 2 is 1.40 bits per heavy atom. The van der Waals surface area contributed by atoms with Crippen LogP contribution in [0.2, 0.25) is 0 Å². The van der Waals surface area contributed by atoms with Crippen LogP contribution >= 0.6 is 15.2 Å². The van der Waals surface area contributed by atoms with Crippen LogP contribution in [-0.4, -0.2) is 63.6 Å². The molecule has 15 heavy (non-hydrogen) atoms. The molecule has 11 heteroatoms. The summed E-state index contributed by atoms with van der Waals surface area (Å²) in [5, 5.41) is 5.91. The monoisotopic (exact) mass is 459 g/mol. The van der Waals surface area contributed by atoms with Gasteiger partial charge in [0, 0.05) is 6.42 Å². The fourth-order valence-electron chi connectivity index (χ4n) is 0.800. The zero-order valence-electron chi connectivity index (χ0n) is 7.85. The summed E-state index contributed by atoms with van der Waals surface area (Å²) in [5.74, 6) is 0. The molecule has 0 fully saturated rings. The van der Waals surface area contributed by atoms with E-state index in [4.69, 9.17) is 25.3 Å². The van der Waals surface area contributed by atoms with Gasteiger partial charge in [0.2, 0.25) is 0 Å². The number of rotatable bonds is 5. The second-order valence-corrected chi connectivity index (χ2v) is 6.76. The molecule has 0 rings (SSSR count). The first-order valence-corrected chi connectivity index (χ1v) is 6.82. The van der Waals surface area contributed by atoms with Gasteiger partial charge in [-0.25, -0.2) is 0 Å². The van der Waals surface area contributed by atoms with Crippen LogP contribution in [0, 0.1) is 0 Å². The second kappa shape index (κ2) is 6.18. The maximum atomic E-state index is 10.7. The van der Waals surface area contributed by atoms with Crippen molar-refractivity contribution >= 4 is 42.5 Å². The van der Waals surface area contributed by atoms with Gasteiger partial charge >= 0.3 is 42.5 Å². The van der Waals surface area contributed by atoms with Crippen LogP contribution in [0.25, 0.3) is 0 Å². The van der Waals surface area contributed by atoms with Gasteiger partial charge in [-0.15, -0.1) is 0 Å². The fourth-order valence-corrected chi connectivity index (χ4v) is 3.06. The van der Waals surface area contributed by atoms with Gasteiger partial charge in [0.1, 0.15) is 0 Å². The fraction of sp³-hybridized carbons (Fsp3) is 1.00. The summed E-state index contributed by atoms with van der Waals surface area (Å²) >= 11 is 0. The molecule has 0 heterocycles. The molecule has 0 atom stereocenters. The maximum absolute atomic E-state index is 10.7. The Labute approximate surface area is 106 Å². The van der Waals surface area contributed by atoms with Crippen LogP contribution in [0.1, 0.15) is 12.8 Å². The molecule has 0 unspecified atom stereocenters. The molecule has 0 aromatic heterocycles. The van der Waals surface area contributed by atoms with Gasteiger partial charge in [-0.3, -0.25) is 9.13 Å². The predicted octanol–water partition coefficient (Wildman–Crippen LogP) is -2.19. The minimum atomic E-state index is -5.30. The van der Waals surface area contributed by atoms with Gasteiger partial charge < -0.3 is 30.4 Å². The molecule has 0 amide bonds. The average Bonchev–Trinajstić information content (AvgIpc) is 1.95. The van der Waals surface area contributed by atoms with E-state index in [1.54, 1.807) is 0 Å². The van der Waals surface area contributed by atoms with Crippen LogP contribution < -0.4 is 5.73 Å². The van der Waals surface area contributed by atoms with Gasteiger partial charge in [-0.1, -0.05) is 0 Å². The standard InChI is InChI=1S/C4H13NO7P2.Pb.2H/c5-3-1-2-4(6,13(7,8)9)14(10,11)12;;;/h6H,1-3,5H2,(H2,7,8,9)(H2,10,11,12);;;. The van der Waals surface area contributed by atoms with Crippen LogP contribution in [0.5, 0.6) is 0 Å². The predicted molar refractivity (Wildman–Crippen MR) is 55.9 cm³/mol. The molecule has 0 aliphatic rings. The van der Waals surface area contributed by atoms with Gasteiger partial charge in [0.15, 0.2) is 0 Å². The third kappa shape index (κ3) is 4.49. The van der Waals surface area contributed by atoms with E-state index < -0.39 is 26.7 Å². The molecule has 0 spiro atoms. The summed E-state index contributed by atoms with van der Waals surface area (Å²) in [4.78, 5) is 34.5. The zero-order valence-corrected chi connectivity index (χ0v) is 15.1. The van der Waals surface area contributed by atoms with E-state index in [0.29, 0.717) is 0 Å². The third-order valence-corrected chi connectivity index (χ3v) is 5.53. The van der Waals surface area contributed by atoms with Crippen molar-refractivity contribution in [3.63, 3.8) is 0 Å². The van der Waals surface area contributed by atoms with E-state index in [0.717, 1.165) is 0 Å². The number of nitrogens with two attached hydrogens (primary N) is 1. The molecule has 0 bridgehead atoms. The quantitative estimate of drug-likeness (QED) is 0.200. The van der Waals surface area contributed by atoms with Crippen molar-refractivity contribution in [1.82, 2.24) is 0 Å². The summed E-state index contributed by atoms with van der Waals surface area (Å²) in [6.07, 6.45) is -0.856. The third-order valence-electron chi connectivity index (χ3n) is 1.65. The molecule has 0 saturated heterocycles. The van der Waals surface area contributed by atoms with Crippen molar-refractivity contribution in [3.8, 4) is 0 Å². The van der Waals surface area contributed by atoms with E-state index in [9.17, 15) is 14.2 Å². The summed E-state index contributed by atoms with van der Waals surface area (Å²) < 4.78 is 21.4. The van der Waals surface area contributed by atoms with Gasteiger partial charge in [-0.05, 0) is 13.0 Å². The van der Waals surface area contributed by atoms with E-state index in [2.05, 4.69) is 0 Å². The molecular formula is C4H15NO7P2Pb. The van der Waals surface area contributed by atoms with Crippen molar-refractivity contribution in [1.29, 1.82) is 0 Å².